The summed E-state index contributed by atoms with van der Waals surface area (Å²) in [6.07, 6.45) is 16.5. The number of hydrogen-bond acceptors (Lipinski definition) is 1. The third kappa shape index (κ3) is 3.73. The van der Waals surface area contributed by atoms with Crippen molar-refractivity contribution in [2.24, 2.45) is 0 Å². The standard InChI is InChI=1S/C17H35OP/c1-4-19(18-15(2)3,16-11-7-5-8-12-16)17-13-9-6-10-14-17/h15-17,19H,4-14H2,1-3H3. The van der Waals surface area contributed by atoms with Gasteiger partial charge >= 0.3 is 121 Å². The van der Waals surface area contributed by atoms with Crippen LogP contribution in [0.15, 0.2) is 0 Å². The van der Waals surface area contributed by atoms with Gasteiger partial charge < -0.3 is 0 Å². The van der Waals surface area contributed by atoms with Gasteiger partial charge in [0.15, 0.2) is 0 Å². The Balaban J connectivity index is 2.17. The average Bonchev–Trinajstić information content (AvgIpc) is 2.46. The van der Waals surface area contributed by atoms with Crippen LogP contribution in [0.25, 0.3) is 0 Å². The van der Waals surface area contributed by atoms with E-state index in [9.17, 15) is 0 Å². The first-order valence-electron chi connectivity index (χ1n) is 8.87. The second kappa shape index (κ2) is 7.41. The molecular formula is C17H35OP. The van der Waals surface area contributed by atoms with Crippen LogP contribution in [0.5, 0.6) is 0 Å². The van der Waals surface area contributed by atoms with Gasteiger partial charge in [-0.25, -0.2) is 0 Å². The second-order valence-electron chi connectivity index (χ2n) is 7.14. The van der Waals surface area contributed by atoms with Gasteiger partial charge in [-0.3, -0.25) is 0 Å². The third-order valence-corrected chi connectivity index (χ3v) is 11.5. The van der Waals surface area contributed by atoms with E-state index >= 15 is 0 Å². The van der Waals surface area contributed by atoms with Gasteiger partial charge in [-0.1, -0.05) is 0 Å². The van der Waals surface area contributed by atoms with Crippen LogP contribution < -0.4 is 0 Å². The molecule has 114 valence electrons. The quantitative estimate of drug-likeness (QED) is 0.584. The van der Waals surface area contributed by atoms with Crippen LogP contribution in [-0.4, -0.2) is 23.6 Å². The van der Waals surface area contributed by atoms with Crippen LogP contribution in [-0.2, 0) is 4.52 Å². The van der Waals surface area contributed by atoms with E-state index in [1.54, 1.807) is 0 Å². The van der Waals surface area contributed by atoms with E-state index in [4.69, 9.17) is 4.52 Å². The van der Waals surface area contributed by atoms with Crippen molar-refractivity contribution in [2.45, 2.75) is 102 Å². The van der Waals surface area contributed by atoms with Gasteiger partial charge in [0.25, 0.3) is 0 Å². The average molecular weight is 286 g/mol. The van der Waals surface area contributed by atoms with Crippen LogP contribution in [0.2, 0.25) is 0 Å². The molecule has 19 heavy (non-hydrogen) atoms. The van der Waals surface area contributed by atoms with Gasteiger partial charge in [0.2, 0.25) is 0 Å². The number of hydrogen-bond donors (Lipinski definition) is 0. The zero-order chi connectivity index (χ0) is 13.7. The van der Waals surface area contributed by atoms with Crippen molar-refractivity contribution in [3.8, 4) is 0 Å². The van der Waals surface area contributed by atoms with Crippen LogP contribution in [0.4, 0.5) is 0 Å². The first-order chi connectivity index (χ1) is 9.19. The molecule has 0 spiro atoms. The van der Waals surface area contributed by atoms with E-state index in [2.05, 4.69) is 20.8 Å². The van der Waals surface area contributed by atoms with Gasteiger partial charge in [-0.15, -0.1) is 0 Å². The van der Waals surface area contributed by atoms with E-state index in [0.717, 1.165) is 11.3 Å². The Morgan fingerprint density at radius 3 is 1.58 bits per heavy atom. The van der Waals surface area contributed by atoms with Crippen LogP contribution in [0.3, 0.4) is 0 Å². The molecule has 2 aliphatic rings. The Morgan fingerprint density at radius 2 is 1.26 bits per heavy atom. The van der Waals surface area contributed by atoms with Crippen molar-refractivity contribution in [1.82, 2.24) is 0 Å². The number of rotatable bonds is 5. The molecule has 0 aromatic heterocycles. The van der Waals surface area contributed by atoms with Gasteiger partial charge in [0, 0.05) is 0 Å². The molecule has 0 aliphatic heterocycles. The van der Waals surface area contributed by atoms with Crippen LogP contribution >= 0.6 is 7.49 Å². The molecule has 0 aromatic carbocycles. The predicted molar refractivity (Wildman–Crippen MR) is 88.8 cm³/mol. The molecule has 0 unspecified atom stereocenters. The van der Waals surface area contributed by atoms with Crippen molar-refractivity contribution >= 4 is 7.49 Å². The molecule has 0 aromatic rings. The maximum atomic E-state index is 6.80. The van der Waals surface area contributed by atoms with Crippen molar-refractivity contribution in [1.29, 1.82) is 0 Å². The fourth-order valence-corrected chi connectivity index (χ4v) is 10.8. The Hall–Kier alpha value is 0.390. The fraction of sp³-hybridized carbons (Fsp3) is 1.00. The van der Waals surface area contributed by atoms with Gasteiger partial charge in [0.05, 0.1) is 0 Å². The van der Waals surface area contributed by atoms with E-state index in [-0.39, 0.29) is 0 Å². The first kappa shape index (κ1) is 15.8. The normalized spacial score (nSPS) is 24.8. The van der Waals surface area contributed by atoms with E-state index in [1.807, 2.05) is 0 Å². The molecule has 1 nitrogen and oxygen atoms in total. The second-order valence-corrected chi connectivity index (χ2v) is 11.6. The van der Waals surface area contributed by atoms with Crippen molar-refractivity contribution in [3.05, 3.63) is 0 Å². The van der Waals surface area contributed by atoms with E-state index in [0.29, 0.717) is 6.10 Å². The minimum atomic E-state index is -1.53. The Labute approximate surface area is 121 Å². The van der Waals surface area contributed by atoms with E-state index in [1.165, 1.54) is 70.4 Å². The summed E-state index contributed by atoms with van der Waals surface area (Å²) in [6.45, 7) is 6.98. The van der Waals surface area contributed by atoms with Gasteiger partial charge in [-0.05, 0) is 0 Å². The van der Waals surface area contributed by atoms with Gasteiger partial charge in [0.1, 0.15) is 0 Å². The maximum absolute atomic E-state index is 6.80. The molecule has 2 fully saturated rings. The molecule has 2 aliphatic carbocycles. The monoisotopic (exact) mass is 286 g/mol. The van der Waals surface area contributed by atoms with Crippen molar-refractivity contribution in [2.75, 3.05) is 6.16 Å². The minimum absolute atomic E-state index is 0.440. The zero-order valence-corrected chi connectivity index (χ0v) is 14.4. The Kier molecular flexibility index (Phi) is 6.15. The van der Waals surface area contributed by atoms with Crippen molar-refractivity contribution in [3.63, 3.8) is 0 Å². The molecule has 0 atom stereocenters. The molecule has 0 amide bonds. The fourth-order valence-electron chi connectivity index (χ4n) is 4.81. The first-order valence-corrected chi connectivity index (χ1v) is 11.1. The van der Waals surface area contributed by atoms with Crippen LogP contribution in [0, 0.1) is 0 Å². The zero-order valence-electron chi connectivity index (χ0n) is 13.4. The SMILES string of the molecule is CC[PH](OC(C)C)(C1CCCCC1)C1CCCCC1. The summed E-state index contributed by atoms with van der Waals surface area (Å²) >= 11 is 0. The molecule has 2 saturated carbocycles. The molecule has 0 bridgehead atoms. The Bertz CT molecular complexity index is 234. The molecule has 2 rings (SSSR count). The van der Waals surface area contributed by atoms with E-state index < -0.39 is 7.49 Å². The summed E-state index contributed by atoms with van der Waals surface area (Å²) in [4.78, 5) is 0. The predicted octanol–water partition coefficient (Wildman–Crippen LogP) is 5.76. The molecule has 0 heterocycles. The molecule has 0 saturated heterocycles. The third-order valence-electron chi connectivity index (χ3n) is 5.60. The summed E-state index contributed by atoms with van der Waals surface area (Å²) in [5.41, 5.74) is 1.94. The summed E-state index contributed by atoms with van der Waals surface area (Å²) in [5.74, 6) is 0. The summed E-state index contributed by atoms with van der Waals surface area (Å²) in [6, 6.07) is 0. The van der Waals surface area contributed by atoms with Crippen LogP contribution in [0.1, 0.15) is 85.0 Å². The molecular weight excluding hydrogens is 251 g/mol. The van der Waals surface area contributed by atoms with Gasteiger partial charge in [-0.2, -0.15) is 0 Å². The molecule has 0 radical (unpaired) electrons. The molecule has 0 N–H and O–H groups in total. The molecule has 2 heteroatoms. The Morgan fingerprint density at radius 1 is 0.842 bits per heavy atom. The summed E-state index contributed by atoms with van der Waals surface area (Å²) < 4.78 is 6.80. The van der Waals surface area contributed by atoms with Crippen molar-refractivity contribution < 1.29 is 4.52 Å². The summed E-state index contributed by atoms with van der Waals surface area (Å²) in [5, 5.41) is 0. The summed E-state index contributed by atoms with van der Waals surface area (Å²) in [7, 11) is -1.53. The topological polar surface area (TPSA) is 9.23 Å².